The second kappa shape index (κ2) is 9.60. The van der Waals surface area contributed by atoms with Crippen LogP contribution in [0.3, 0.4) is 0 Å². The fraction of sp³-hybridized carbons (Fsp3) is 0.222. The van der Waals surface area contributed by atoms with Crippen molar-refractivity contribution in [1.82, 2.24) is 15.2 Å². The molecular weight excluding hydrogens is 462 g/mol. The quantitative estimate of drug-likeness (QED) is 0.402. The Morgan fingerprint density at radius 3 is 2.71 bits per heavy atom. The first-order valence-corrected chi connectivity index (χ1v) is 13.2. The molecule has 1 fully saturated rings. The number of rotatable bonds is 5. The van der Waals surface area contributed by atoms with E-state index in [2.05, 4.69) is 42.3 Å². The number of amides is 2. The summed E-state index contributed by atoms with van der Waals surface area (Å²) in [5, 5.41) is 2.94. The molecule has 4 aromatic rings. The zero-order chi connectivity index (χ0) is 23.7. The largest absolute Gasteiger partial charge is 0.349 e. The van der Waals surface area contributed by atoms with Gasteiger partial charge in [0.05, 0.1) is 26.7 Å². The predicted octanol–water partition coefficient (Wildman–Crippen LogP) is 5.53. The Morgan fingerprint density at radius 1 is 1.03 bits per heavy atom. The number of aromatic nitrogens is 1. The molecule has 0 saturated carbocycles. The number of thioether (sulfide) groups is 1. The number of nitrogens with zero attached hydrogens (tertiary/aromatic N) is 2. The molecule has 0 bridgehead atoms. The van der Waals surface area contributed by atoms with Gasteiger partial charge in [0, 0.05) is 24.4 Å². The highest BCUT2D eigenvalue weighted by Crippen LogP contribution is 2.31. The van der Waals surface area contributed by atoms with Gasteiger partial charge in [0.2, 0.25) is 0 Å². The zero-order valence-corrected chi connectivity index (χ0v) is 20.7. The lowest BCUT2D eigenvalue weighted by atomic mass is 9.96. The molecule has 172 valence electrons. The predicted molar refractivity (Wildman–Crippen MR) is 141 cm³/mol. The normalized spacial score (nSPS) is 15.6. The Balaban J connectivity index is 1.34. The van der Waals surface area contributed by atoms with Crippen LogP contribution in [-0.4, -0.2) is 45.9 Å². The zero-order valence-electron chi connectivity index (χ0n) is 19.1. The van der Waals surface area contributed by atoms with Gasteiger partial charge < -0.3 is 10.2 Å². The summed E-state index contributed by atoms with van der Waals surface area (Å²) in [6.45, 7) is 5.24. The van der Waals surface area contributed by atoms with Gasteiger partial charge in [-0.3, -0.25) is 9.59 Å². The maximum atomic E-state index is 13.7. The van der Waals surface area contributed by atoms with Crippen molar-refractivity contribution in [1.29, 1.82) is 0 Å². The standard InChI is InChI=1S/C27H25N3O2S2/c1-17-10-11-19(14-18(17)2)20-6-3-4-7-21(20)27(32)30-12-13-33-24(30)15-28-26(31)22-8-5-9-23-25(22)34-16-29-23/h3-11,14,16,24H,12-13,15H2,1-2H3,(H,28,31). The lowest BCUT2D eigenvalue weighted by Crippen LogP contribution is -2.42. The average Bonchev–Trinajstić information content (AvgIpc) is 3.53. The number of hydrogen-bond acceptors (Lipinski definition) is 5. The minimum atomic E-state index is -0.134. The molecule has 5 nitrogen and oxygen atoms in total. The Bertz CT molecular complexity index is 1380. The Morgan fingerprint density at radius 2 is 1.85 bits per heavy atom. The van der Waals surface area contributed by atoms with E-state index < -0.39 is 0 Å². The molecule has 2 amide bonds. The summed E-state index contributed by atoms with van der Waals surface area (Å²) < 4.78 is 0.884. The summed E-state index contributed by atoms with van der Waals surface area (Å²) >= 11 is 3.17. The highest BCUT2D eigenvalue weighted by atomic mass is 32.2. The van der Waals surface area contributed by atoms with E-state index in [0.29, 0.717) is 24.2 Å². The minimum absolute atomic E-state index is 0.00244. The van der Waals surface area contributed by atoms with Gasteiger partial charge in [-0.25, -0.2) is 4.98 Å². The van der Waals surface area contributed by atoms with Crippen LogP contribution in [0.1, 0.15) is 31.8 Å². The number of benzene rings is 3. The molecule has 1 N–H and O–H groups in total. The molecule has 34 heavy (non-hydrogen) atoms. The van der Waals surface area contributed by atoms with E-state index in [4.69, 9.17) is 0 Å². The molecule has 1 saturated heterocycles. The fourth-order valence-electron chi connectivity index (χ4n) is 4.25. The maximum Gasteiger partial charge on any atom is 0.255 e. The van der Waals surface area contributed by atoms with Gasteiger partial charge in [-0.1, -0.05) is 42.5 Å². The van der Waals surface area contributed by atoms with Crippen molar-refractivity contribution >= 4 is 45.1 Å². The summed E-state index contributed by atoms with van der Waals surface area (Å²) in [7, 11) is 0. The van der Waals surface area contributed by atoms with Gasteiger partial charge in [-0.15, -0.1) is 23.1 Å². The average molecular weight is 488 g/mol. The molecular formula is C27H25N3O2S2. The second-order valence-electron chi connectivity index (χ2n) is 8.38. The summed E-state index contributed by atoms with van der Waals surface area (Å²) in [4.78, 5) is 32.7. The number of hydrogen-bond donors (Lipinski definition) is 1. The van der Waals surface area contributed by atoms with Crippen LogP contribution in [0.5, 0.6) is 0 Å². The van der Waals surface area contributed by atoms with Gasteiger partial charge in [0.15, 0.2) is 0 Å². The van der Waals surface area contributed by atoms with Gasteiger partial charge in [0.25, 0.3) is 11.8 Å². The molecule has 7 heteroatoms. The number of carbonyl (C=O) groups excluding carboxylic acids is 2. The summed E-state index contributed by atoms with van der Waals surface area (Å²) in [6.07, 6.45) is 0. The van der Waals surface area contributed by atoms with E-state index >= 15 is 0 Å². The van der Waals surface area contributed by atoms with E-state index in [0.717, 1.165) is 27.1 Å². The van der Waals surface area contributed by atoms with Crippen LogP contribution in [0.2, 0.25) is 0 Å². The number of nitrogens with one attached hydrogen (secondary N) is 1. The van der Waals surface area contributed by atoms with Crippen LogP contribution in [0.4, 0.5) is 0 Å². The van der Waals surface area contributed by atoms with Crippen molar-refractivity contribution in [3.8, 4) is 11.1 Å². The van der Waals surface area contributed by atoms with Crippen molar-refractivity contribution in [2.24, 2.45) is 0 Å². The van der Waals surface area contributed by atoms with Crippen LogP contribution in [-0.2, 0) is 0 Å². The minimum Gasteiger partial charge on any atom is -0.349 e. The molecule has 1 unspecified atom stereocenters. The Labute approximate surface area is 207 Å². The molecule has 0 spiro atoms. The molecule has 1 aliphatic rings. The molecule has 0 aliphatic carbocycles. The van der Waals surface area contributed by atoms with Crippen molar-refractivity contribution in [2.45, 2.75) is 19.2 Å². The molecule has 1 atom stereocenters. The smallest absolute Gasteiger partial charge is 0.255 e. The third-order valence-electron chi connectivity index (χ3n) is 6.26. The monoisotopic (exact) mass is 487 g/mol. The van der Waals surface area contributed by atoms with E-state index in [1.807, 2.05) is 47.4 Å². The fourth-order valence-corrected chi connectivity index (χ4v) is 6.21. The molecule has 5 rings (SSSR count). The highest BCUT2D eigenvalue weighted by Gasteiger charge is 2.31. The van der Waals surface area contributed by atoms with Gasteiger partial charge in [0.1, 0.15) is 0 Å². The lowest BCUT2D eigenvalue weighted by Gasteiger charge is -2.25. The third-order valence-corrected chi connectivity index (χ3v) is 8.36. The summed E-state index contributed by atoms with van der Waals surface area (Å²) in [5.41, 5.74) is 8.31. The van der Waals surface area contributed by atoms with E-state index in [-0.39, 0.29) is 17.2 Å². The molecule has 1 aromatic heterocycles. The van der Waals surface area contributed by atoms with Crippen molar-refractivity contribution in [3.05, 3.63) is 88.4 Å². The third kappa shape index (κ3) is 4.33. The highest BCUT2D eigenvalue weighted by molar-refractivity contribution is 8.00. The summed E-state index contributed by atoms with van der Waals surface area (Å²) in [5.74, 6) is 0.718. The van der Waals surface area contributed by atoms with E-state index in [9.17, 15) is 9.59 Å². The van der Waals surface area contributed by atoms with Crippen LogP contribution >= 0.6 is 23.1 Å². The van der Waals surface area contributed by atoms with Crippen molar-refractivity contribution < 1.29 is 9.59 Å². The Hall–Kier alpha value is -3.16. The van der Waals surface area contributed by atoms with Crippen LogP contribution in [0.15, 0.2) is 66.2 Å². The van der Waals surface area contributed by atoms with Crippen molar-refractivity contribution in [2.75, 3.05) is 18.8 Å². The summed E-state index contributed by atoms with van der Waals surface area (Å²) in [6, 6.07) is 19.7. The van der Waals surface area contributed by atoms with Crippen LogP contribution in [0, 0.1) is 13.8 Å². The number of fused-ring (bicyclic) bond motifs is 1. The first-order chi connectivity index (χ1) is 16.5. The second-order valence-corrected chi connectivity index (χ2v) is 10.5. The molecule has 3 aromatic carbocycles. The van der Waals surface area contributed by atoms with E-state index in [1.54, 1.807) is 17.3 Å². The number of aryl methyl sites for hydroxylation is 2. The van der Waals surface area contributed by atoms with Gasteiger partial charge in [-0.2, -0.15) is 0 Å². The first-order valence-electron chi connectivity index (χ1n) is 11.2. The van der Waals surface area contributed by atoms with E-state index in [1.165, 1.54) is 22.5 Å². The lowest BCUT2D eigenvalue weighted by molar-refractivity contribution is 0.0752. The maximum absolute atomic E-state index is 13.7. The molecule has 2 heterocycles. The number of carbonyl (C=O) groups is 2. The van der Waals surface area contributed by atoms with Crippen LogP contribution in [0.25, 0.3) is 21.3 Å². The first kappa shape index (κ1) is 22.6. The molecule has 1 aliphatic heterocycles. The SMILES string of the molecule is Cc1ccc(-c2ccccc2C(=O)N2CCSC2CNC(=O)c2cccc3ncsc23)cc1C. The Kier molecular flexibility index (Phi) is 6.39. The topological polar surface area (TPSA) is 62.3 Å². The van der Waals surface area contributed by atoms with Crippen LogP contribution < -0.4 is 5.32 Å². The number of thiazole rings is 1. The van der Waals surface area contributed by atoms with Gasteiger partial charge >= 0.3 is 0 Å². The van der Waals surface area contributed by atoms with Gasteiger partial charge in [-0.05, 0) is 54.3 Å². The molecule has 0 radical (unpaired) electrons. The van der Waals surface area contributed by atoms with Crippen molar-refractivity contribution in [3.63, 3.8) is 0 Å².